The van der Waals surface area contributed by atoms with Crippen LogP contribution in [0.15, 0.2) is 47.4 Å². The van der Waals surface area contributed by atoms with E-state index in [2.05, 4.69) is 0 Å². The molecule has 0 atom stereocenters. The molecule has 1 amide bonds. The zero-order valence-electron chi connectivity index (χ0n) is 17.9. The number of hydrogen-bond acceptors (Lipinski definition) is 4. The Morgan fingerprint density at radius 2 is 1.75 bits per heavy atom. The second kappa shape index (κ2) is 9.50. The Kier molecular flexibility index (Phi) is 7.14. The Labute approximate surface area is 185 Å². The van der Waals surface area contributed by atoms with E-state index in [1.165, 1.54) is 27.4 Å². The number of ether oxygens (including phenoxy) is 1. The third-order valence-corrected chi connectivity index (χ3v) is 7.40. The van der Waals surface area contributed by atoms with Crippen LogP contribution in [-0.2, 0) is 27.4 Å². The quantitative estimate of drug-likeness (QED) is 0.611. The second-order valence-electron chi connectivity index (χ2n) is 7.34. The van der Waals surface area contributed by atoms with Gasteiger partial charge in [0.2, 0.25) is 10.0 Å². The summed E-state index contributed by atoms with van der Waals surface area (Å²) in [5, 5.41) is 0. The first kappa shape index (κ1) is 24.1. The standard InChI is InChI=1S/C22H25F3N2O4S/c1-3-26(4-2)32(29,30)19-11-12-20-16(14-19)6-5-13-27(20)21(28)15-31-18-9-7-17(8-10-18)22(23,24)25/h7-12,14H,3-6,13,15H2,1-2H3. The molecule has 32 heavy (non-hydrogen) atoms. The van der Waals surface area contributed by atoms with E-state index in [9.17, 15) is 26.4 Å². The van der Waals surface area contributed by atoms with Crippen LogP contribution in [0.2, 0.25) is 0 Å². The van der Waals surface area contributed by atoms with Crippen LogP contribution in [0.1, 0.15) is 31.4 Å². The van der Waals surface area contributed by atoms with E-state index in [0.29, 0.717) is 38.2 Å². The van der Waals surface area contributed by atoms with Crippen LogP contribution in [0.4, 0.5) is 18.9 Å². The van der Waals surface area contributed by atoms with Gasteiger partial charge in [-0.15, -0.1) is 0 Å². The summed E-state index contributed by atoms with van der Waals surface area (Å²) in [6, 6.07) is 8.87. The van der Waals surface area contributed by atoms with Crippen molar-refractivity contribution in [3.05, 3.63) is 53.6 Å². The number of anilines is 1. The van der Waals surface area contributed by atoms with Crippen molar-refractivity contribution in [3.8, 4) is 5.75 Å². The Morgan fingerprint density at radius 1 is 1.09 bits per heavy atom. The van der Waals surface area contributed by atoms with E-state index < -0.39 is 21.8 Å². The first-order valence-corrected chi connectivity index (χ1v) is 11.8. The number of alkyl halides is 3. The van der Waals surface area contributed by atoms with E-state index >= 15 is 0 Å². The van der Waals surface area contributed by atoms with Gasteiger partial charge >= 0.3 is 6.18 Å². The lowest BCUT2D eigenvalue weighted by atomic mass is 10.0. The van der Waals surface area contributed by atoms with E-state index in [1.807, 2.05) is 0 Å². The molecule has 0 saturated heterocycles. The van der Waals surface area contributed by atoms with Crippen molar-refractivity contribution in [1.29, 1.82) is 0 Å². The normalized spacial score (nSPS) is 14.4. The largest absolute Gasteiger partial charge is 0.484 e. The van der Waals surface area contributed by atoms with E-state index in [-0.39, 0.29) is 23.2 Å². The highest BCUT2D eigenvalue weighted by Gasteiger charge is 2.30. The van der Waals surface area contributed by atoms with Gasteiger partial charge in [0.15, 0.2) is 6.61 Å². The maximum absolute atomic E-state index is 12.8. The average molecular weight is 471 g/mol. The number of hydrogen-bond donors (Lipinski definition) is 0. The first-order valence-electron chi connectivity index (χ1n) is 10.3. The lowest BCUT2D eigenvalue weighted by molar-refractivity contribution is -0.137. The number of fused-ring (bicyclic) bond motifs is 1. The lowest BCUT2D eigenvalue weighted by Crippen LogP contribution is -2.39. The fourth-order valence-corrected chi connectivity index (χ4v) is 5.18. The van der Waals surface area contributed by atoms with Gasteiger partial charge in [-0.1, -0.05) is 13.8 Å². The molecule has 0 fully saturated rings. The van der Waals surface area contributed by atoms with Gasteiger partial charge < -0.3 is 9.64 Å². The molecule has 0 radical (unpaired) electrons. The van der Waals surface area contributed by atoms with Gasteiger partial charge in [-0.3, -0.25) is 4.79 Å². The highest BCUT2D eigenvalue weighted by molar-refractivity contribution is 7.89. The Morgan fingerprint density at radius 3 is 2.34 bits per heavy atom. The SMILES string of the molecule is CCN(CC)S(=O)(=O)c1ccc2c(c1)CCCN2C(=O)COc1ccc(C(F)(F)F)cc1. The smallest absolute Gasteiger partial charge is 0.416 e. The number of carbonyl (C=O) groups is 1. The molecule has 10 heteroatoms. The number of carbonyl (C=O) groups excluding carboxylic acids is 1. The Bertz CT molecular complexity index is 1070. The summed E-state index contributed by atoms with van der Waals surface area (Å²) in [5.74, 6) is -0.200. The van der Waals surface area contributed by atoms with E-state index in [0.717, 1.165) is 17.7 Å². The van der Waals surface area contributed by atoms with Crippen LogP contribution in [0.5, 0.6) is 5.75 Å². The lowest BCUT2D eigenvalue weighted by Gasteiger charge is -2.30. The minimum atomic E-state index is -4.44. The fraction of sp³-hybridized carbons (Fsp3) is 0.409. The van der Waals surface area contributed by atoms with Gasteiger partial charge in [0.05, 0.1) is 10.5 Å². The van der Waals surface area contributed by atoms with Crippen molar-refractivity contribution in [3.63, 3.8) is 0 Å². The van der Waals surface area contributed by atoms with Crippen molar-refractivity contribution in [2.75, 3.05) is 31.1 Å². The second-order valence-corrected chi connectivity index (χ2v) is 9.28. The summed E-state index contributed by atoms with van der Waals surface area (Å²) in [5.41, 5.74) is 0.583. The van der Waals surface area contributed by atoms with Crippen molar-refractivity contribution in [2.24, 2.45) is 0 Å². The minimum Gasteiger partial charge on any atom is -0.484 e. The van der Waals surface area contributed by atoms with Gasteiger partial charge in [0, 0.05) is 25.3 Å². The van der Waals surface area contributed by atoms with Gasteiger partial charge in [0.25, 0.3) is 5.91 Å². The van der Waals surface area contributed by atoms with Crippen molar-refractivity contribution >= 4 is 21.6 Å². The zero-order valence-corrected chi connectivity index (χ0v) is 18.7. The summed E-state index contributed by atoms with van der Waals surface area (Å²) in [6.07, 6.45) is -3.14. The van der Waals surface area contributed by atoms with Gasteiger partial charge in [-0.05, 0) is 60.9 Å². The molecule has 0 bridgehead atoms. The van der Waals surface area contributed by atoms with Gasteiger partial charge in [-0.25, -0.2) is 8.42 Å². The predicted molar refractivity (Wildman–Crippen MR) is 114 cm³/mol. The molecule has 0 aromatic heterocycles. The summed E-state index contributed by atoms with van der Waals surface area (Å²) in [7, 11) is -3.61. The van der Waals surface area contributed by atoms with Crippen molar-refractivity contribution < 1.29 is 31.1 Å². The monoisotopic (exact) mass is 470 g/mol. The molecule has 0 aliphatic carbocycles. The molecule has 0 saturated carbocycles. The predicted octanol–water partition coefficient (Wildman–Crippen LogP) is 4.09. The van der Waals surface area contributed by atoms with E-state index in [1.54, 1.807) is 26.0 Å². The number of sulfonamides is 1. The third-order valence-electron chi connectivity index (χ3n) is 5.36. The number of nitrogens with zero attached hydrogens (tertiary/aromatic N) is 2. The van der Waals surface area contributed by atoms with Crippen LogP contribution in [0.25, 0.3) is 0 Å². The highest BCUT2D eigenvalue weighted by Crippen LogP contribution is 2.32. The molecule has 2 aromatic carbocycles. The number of amides is 1. The average Bonchev–Trinajstić information content (AvgIpc) is 2.77. The number of halogens is 3. The number of benzene rings is 2. The minimum absolute atomic E-state index is 0.157. The molecule has 1 heterocycles. The molecule has 0 unspecified atom stereocenters. The number of rotatable bonds is 7. The molecule has 3 rings (SSSR count). The van der Waals surface area contributed by atoms with E-state index in [4.69, 9.17) is 4.74 Å². The van der Waals surface area contributed by atoms with Crippen LogP contribution in [-0.4, -0.2) is 44.9 Å². The topological polar surface area (TPSA) is 66.9 Å². The molecule has 2 aromatic rings. The first-order chi connectivity index (χ1) is 15.1. The van der Waals surface area contributed by atoms with Crippen LogP contribution in [0, 0.1) is 0 Å². The third kappa shape index (κ3) is 5.07. The van der Waals surface area contributed by atoms with Crippen LogP contribution >= 0.6 is 0 Å². The molecule has 6 nitrogen and oxygen atoms in total. The van der Waals surface area contributed by atoms with Gasteiger partial charge in [0.1, 0.15) is 5.75 Å². The van der Waals surface area contributed by atoms with Crippen molar-refractivity contribution in [2.45, 2.75) is 37.8 Å². The molecule has 0 N–H and O–H groups in total. The van der Waals surface area contributed by atoms with Crippen LogP contribution in [0.3, 0.4) is 0 Å². The van der Waals surface area contributed by atoms with Crippen molar-refractivity contribution in [1.82, 2.24) is 4.31 Å². The molecule has 1 aliphatic heterocycles. The molecule has 0 spiro atoms. The summed E-state index contributed by atoms with van der Waals surface area (Å²) >= 11 is 0. The summed E-state index contributed by atoms with van der Waals surface area (Å²) < 4.78 is 70.3. The van der Waals surface area contributed by atoms with Crippen LogP contribution < -0.4 is 9.64 Å². The molecule has 174 valence electrons. The Hall–Kier alpha value is -2.59. The molecule has 1 aliphatic rings. The zero-order chi connectivity index (χ0) is 23.5. The maximum atomic E-state index is 12.8. The fourth-order valence-electron chi connectivity index (χ4n) is 3.67. The summed E-state index contributed by atoms with van der Waals surface area (Å²) in [4.78, 5) is 14.5. The summed E-state index contributed by atoms with van der Waals surface area (Å²) in [6.45, 7) is 4.38. The highest BCUT2D eigenvalue weighted by atomic mass is 32.2. The Balaban J connectivity index is 1.74. The molecular formula is C22H25F3N2O4S. The maximum Gasteiger partial charge on any atom is 0.416 e. The molecular weight excluding hydrogens is 445 g/mol. The van der Waals surface area contributed by atoms with Gasteiger partial charge in [-0.2, -0.15) is 17.5 Å². The number of aryl methyl sites for hydroxylation is 1.